The third-order valence-corrected chi connectivity index (χ3v) is 8.05. The summed E-state index contributed by atoms with van der Waals surface area (Å²) in [5, 5.41) is 0. The molecule has 2 saturated heterocycles. The van der Waals surface area contributed by atoms with E-state index < -0.39 is 20.0 Å². The van der Waals surface area contributed by atoms with Crippen molar-refractivity contribution in [2.45, 2.75) is 22.3 Å². The lowest BCUT2D eigenvalue weighted by atomic mass is 10.3. The Labute approximate surface area is 142 Å². The van der Waals surface area contributed by atoms with Crippen LogP contribution >= 0.6 is 0 Å². The van der Waals surface area contributed by atoms with Crippen molar-refractivity contribution < 1.29 is 21.6 Å². The number of morpholine rings is 1. The van der Waals surface area contributed by atoms with Crippen LogP contribution in [0.2, 0.25) is 0 Å². The summed E-state index contributed by atoms with van der Waals surface area (Å²) in [6, 6.07) is 5.21. The molecule has 0 aliphatic carbocycles. The number of sulfonamides is 2. The van der Waals surface area contributed by atoms with Gasteiger partial charge >= 0.3 is 0 Å². The van der Waals surface area contributed by atoms with Crippen LogP contribution in [0.4, 0.5) is 0 Å². The van der Waals surface area contributed by atoms with Gasteiger partial charge in [0, 0.05) is 32.2 Å². The van der Waals surface area contributed by atoms with Gasteiger partial charge in [-0.25, -0.2) is 16.8 Å². The average Bonchev–Trinajstić information content (AvgIpc) is 3.03. The summed E-state index contributed by atoms with van der Waals surface area (Å²) in [6.45, 7) is 2.00. The Balaban J connectivity index is 1.83. The zero-order valence-electron chi connectivity index (χ0n) is 13.2. The Hall–Kier alpha value is -1.04. The van der Waals surface area contributed by atoms with E-state index in [4.69, 9.17) is 10.5 Å². The van der Waals surface area contributed by atoms with Crippen molar-refractivity contribution in [2.24, 2.45) is 5.73 Å². The average molecular weight is 375 g/mol. The van der Waals surface area contributed by atoms with Gasteiger partial charge in [0.1, 0.15) is 0 Å². The van der Waals surface area contributed by atoms with E-state index in [1.165, 1.54) is 32.9 Å². The standard InChI is InChI=1S/C14H21N3O5S2/c15-12-5-6-17(11-12)24(20,21)14-3-1-13(2-4-14)23(18,19)16-7-9-22-10-8-16/h1-4,12H,5-11,15H2/t12-/m1/s1. The van der Waals surface area contributed by atoms with Gasteiger partial charge in [-0.3, -0.25) is 0 Å². The maximum Gasteiger partial charge on any atom is 0.243 e. The van der Waals surface area contributed by atoms with Crippen molar-refractivity contribution in [2.75, 3.05) is 39.4 Å². The minimum absolute atomic E-state index is 0.0810. The zero-order chi connectivity index (χ0) is 17.4. The predicted molar refractivity (Wildman–Crippen MR) is 87.4 cm³/mol. The van der Waals surface area contributed by atoms with Crippen LogP contribution in [0.3, 0.4) is 0 Å². The first-order chi connectivity index (χ1) is 11.3. The number of nitrogens with two attached hydrogens (primary N) is 1. The van der Waals surface area contributed by atoms with Crippen LogP contribution in [-0.2, 0) is 24.8 Å². The first kappa shape index (κ1) is 17.8. The SMILES string of the molecule is N[C@@H]1CCN(S(=O)(=O)c2ccc(S(=O)(=O)N3CCOCC3)cc2)C1. The highest BCUT2D eigenvalue weighted by Gasteiger charge is 2.32. The van der Waals surface area contributed by atoms with Crippen LogP contribution in [0.25, 0.3) is 0 Å². The molecule has 0 aromatic heterocycles. The van der Waals surface area contributed by atoms with Crippen molar-refractivity contribution in [3.63, 3.8) is 0 Å². The molecule has 2 N–H and O–H groups in total. The lowest BCUT2D eigenvalue weighted by Gasteiger charge is -2.26. The summed E-state index contributed by atoms with van der Waals surface area (Å²) in [7, 11) is -7.26. The molecule has 0 bridgehead atoms. The van der Waals surface area contributed by atoms with E-state index in [1.807, 2.05) is 0 Å². The molecule has 2 aliphatic heterocycles. The lowest BCUT2D eigenvalue weighted by Crippen LogP contribution is -2.40. The van der Waals surface area contributed by atoms with Gasteiger partial charge in [0.15, 0.2) is 0 Å². The smallest absolute Gasteiger partial charge is 0.243 e. The van der Waals surface area contributed by atoms with Crippen molar-refractivity contribution >= 4 is 20.0 Å². The highest BCUT2D eigenvalue weighted by atomic mass is 32.2. The fraction of sp³-hybridized carbons (Fsp3) is 0.571. The van der Waals surface area contributed by atoms with Crippen molar-refractivity contribution in [1.82, 2.24) is 8.61 Å². The molecule has 8 nitrogen and oxygen atoms in total. The molecule has 0 unspecified atom stereocenters. The molecular weight excluding hydrogens is 354 g/mol. The molecule has 1 atom stereocenters. The van der Waals surface area contributed by atoms with E-state index in [-0.39, 0.29) is 22.4 Å². The molecule has 2 aliphatic rings. The summed E-state index contributed by atoms with van der Waals surface area (Å²) in [4.78, 5) is 0.166. The van der Waals surface area contributed by atoms with Gasteiger partial charge in [0.25, 0.3) is 0 Å². The van der Waals surface area contributed by atoms with Gasteiger partial charge in [-0.2, -0.15) is 8.61 Å². The van der Waals surface area contributed by atoms with Crippen LogP contribution in [-0.4, -0.2) is 70.9 Å². The van der Waals surface area contributed by atoms with E-state index in [9.17, 15) is 16.8 Å². The molecule has 2 fully saturated rings. The van der Waals surface area contributed by atoms with E-state index in [0.29, 0.717) is 39.3 Å². The highest BCUT2D eigenvalue weighted by Crippen LogP contribution is 2.23. The van der Waals surface area contributed by atoms with Crippen LogP contribution < -0.4 is 5.73 Å². The molecule has 3 rings (SSSR count). The molecule has 0 radical (unpaired) electrons. The second-order valence-corrected chi connectivity index (χ2v) is 9.78. The van der Waals surface area contributed by atoms with Crippen molar-refractivity contribution in [1.29, 1.82) is 0 Å². The maximum atomic E-state index is 12.5. The molecule has 2 heterocycles. The van der Waals surface area contributed by atoms with Crippen molar-refractivity contribution in [3.05, 3.63) is 24.3 Å². The minimum atomic E-state index is -3.63. The third-order valence-electron chi connectivity index (χ3n) is 4.26. The monoisotopic (exact) mass is 375 g/mol. The Morgan fingerprint density at radius 3 is 1.83 bits per heavy atom. The topological polar surface area (TPSA) is 110 Å². The molecule has 10 heteroatoms. The lowest BCUT2D eigenvalue weighted by molar-refractivity contribution is 0.0730. The number of nitrogens with zero attached hydrogens (tertiary/aromatic N) is 2. The molecule has 134 valence electrons. The van der Waals surface area contributed by atoms with E-state index in [2.05, 4.69) is 0 Å². The van der Waals surface area contributed by atoms with E-state index in [0.717, 1.165) is 0 Å². The Morgan fingerprint density at radius 2 is 1.38 bits per heavy atom. The second-order valence-electron chi connectivity index (χ2n) is 5.90. The molecule has 1 aromatic carbocycles. The number of rotatable bonds is 4. The van der Waals surface area contributed by atoms with Crippen LogP contribution in [0, 0.1) is 0 Å². The van der Waals surface area contributed by atoms with Gasteiger partial charge in [0.2, 0.25) is 20.0 Å². The molecule has 0 spiro atoms. The zero-order valence-corrected chi connectivity index (χ0v) is 14.8. The van der Waals surface area contributed by atoms with Crippen molar-refractivity contribution in [3.8, 4) is 0 Å². The Morgan fingerprint density at radius 1 is 0.875 bits per heavy atom. The third kappa shape index (κ3) is 3.35. The Kier molecular flexibility index (Phi) is 4.96. The second kappa shape index (κ2) is 6.70. The summed E-state index contributed by atoms with van der Waals surface area (Å²) in [6.07, 6.45) is 0.628. The molecule has 1 aromatic rings. The predicted octanol–water partition coefficient (Wildman–Crippen LogP) is -0.571. The minimum Gasteiger partial charge on any atom is -0.379 e. The van der Waals surface area contributed by atoms with E-state index in [1.54, 1.807) is 0 Å². The number of hydrogen-bond acceptors (Lipinski definition) is 6. The summed E-state index contributed by atoms with van der Waals surface area (Å²) in [5.41, 5.74) is 5.76. The summed E-state index contributed by atoms with van der Waals surface area (Å²) in [5.74, 6) is 0. The van der Waals surface area contributed by atoms with Gasteiger partial charge in [-0.05, 0) is 30.7 Å². The maximum absolute atomic E-state index is 12.5. The number of benzene rings is 1. The van der Waals surface area contributed by atoms with Crippen LogP contribution in [0.1, 0.15) is 6.42 Å². The van der Waals surface area contributed by atoms with E-state index >= 15 is 0 Å². The van der Waals surface area contributed by atoms with Gasteiger partial charge in [0.05, 0.1) is 23.0 Å². The quantitative estimate of drug-likeness (QED) is 0.755. The van der Waals surface area contributed by atoms with Crippen LogP contribution in [0.5, 0.6) is 0 Å². The van der Waals surface area contributed by atoms with Gasteiger partial charge in [-0.15, -0.1) is 0 Å². The first-order valence-electron chi connectivity index (χ1n) is 7.75. The van der Waals surface area contributed by atoms with Gasteiger partial charge in [-0.1, -0.05) is 0 Å². The first-order valence-corrected chi connectivity index (χ1v) is 10.6. The number of hydrogen-bond donors (Lipinski definition) is 1. The van der Waals surface area contributed by atoms with Gasteiger partial charge < -0.3 is 10.5 Å². The molecule has 24 heavy (non-hydrogen) atoms. The summed E-state index contributed by atoms with van der Waals surface area (Å²) < 4.78 is 58.0. The largest absolute Gasteiger partial charge is 0.379 e. The summed E-state index contributed by atoms with van der Waals surface area (Å²) >= 11 is 0. The fourth-order valence-corrected chi connectivity index (χ4v) is 5.76. The normalized spacial score (nSPS) is 24.3. The molecule has 0 saturated carbocycles. The molecular formula is C14H21N3O5S2. The number of ether oxygens (including phenoxy) is 1. The Bertz CT molecular complexity index is 732. The fourth-order valence-electron chi connectivity index (χ4n) is 2.84. The van der Waals surface area contributed by atoms with Crippen LogP contribution in [0.15, 0.2) is 34.1 Å². The molecule has 0 amide bonds. The highest BCUT2D eigenvalue weighted by molar-refractivity contribution is 7.89.